The highest BCUT2D eigenvalue weighted by Gasteiger charge is 2.20. The van der Waals surface area contributed by atoms with Gasteiger partial charge in [0.2, 0.25) is 0 Å². The molecule has 0 amide bonds. The number of carboxylic acid groups (broad SMARTS) is 1. The van der Waals surface area contributed by atoms with E-state index in [9.17, 15) is 14.9 Å². The molecular weight excluding hydrogens is 322 g/mol. The number of aryl methyl sites for hydroxylation is 1. The Balaban J connectivity index is 2.20. The second-order valence-electron chi connectivity index (χ2n) is 4.79. The van der Waals surface area contributed by atoms with Crippen molar-refractivity contribution in [3.63, 3.8) is 0 Å². The fraction of sp³-hybridized carbons (Fsp3) is 0.143. The van der Waals surface area contributed by atoms with Crippen molar-refractivity contribution < 1.29 is 19.6 Å². The molecule has 0 saturated carbocycles. The van der Waals surface area contributed by atoms with Gasteiger partial charge in [-0.3, -0.25) is 10.1 Å². The summed E-state index contributed by atoms with van der Waals surface area (Å²) in [5.41, 5.74) is 1.16. The Labute approximate surface area is 133 Å². The van der Waals surface area contributed by atoms with Crippen LogP contribution in [-0.2, 0) is 0 Å². The molecule has 118 valence electrons. The van der Waals surface area contributed by atoms with Crippen LogP contribution >= 0.6 is 11.3 Å². The van der Waals surface area contributed by atoms with Crippen LogP contribution in [0.1, 0.15) is 15.4 Å². The van der Waals surface area contributed by atoms with Crippen LogP contribution in [0.15, 0.2) is 18.2 Å². The third-order valence-electron chi connectivity index (χ3n) is 3.33. The van der Waals surface area contributed by atoms with E-state index in [4.69, 9.17) is 9.84 Å². The molecule has 0 aliphatic carbocycles. The number of benzene rings is 1. The third-order valence-corrected chi connectivity index (χ3v) is 4.51. The van der Waals surface area contributed by atoms with E-state index in [1.807, 2.05) is 0 Å². The molecule has 2 heterocycles. The zero-order chi connectivity index (χ0) is 16.7. The quantitative estimate of drug-likeness (QED) is 0.559. The van der Waals surface area contributed by atoms with Crippen molar-refractivity contribution in [3.8, 4) is 16.5 Å². The number of aromatic amines is 1. The summed E-state index contributed by atoms with van der Waals surface area (Å²) < 4.78 is 5.07. The number of hydrogen-bond acceptors (Lipinski definition) is 6. The van der Waals surface area contributed by atoms with Crippen molar-refractivity contribution in [2.75, 3.05) is 7.11 Å². The number of nitrogens with one attached hydrogen (secondary N) is 1. The van der Waals surface area contributed by atoms with Gasteiger partial charge in [-0.2, -0.15) is 0 Å². The van der Waals surface area contributed by atoms with Gasteiger partial charge in [-0.1, -0.05) is 0 Å². The van der Waals surface area contributed by atoms with Crippen LogP contribution in [-0.4, -0.2) is 33.1 Å². The number of carboxylic acids is 1. The Hall–Kier alpha value is -2.94. The lowest BCUT2D eigenvalue weighted by molar-refractivity contribution is -0.383. The van der Waals surface area contributed by atoms with E-state index in [1.165, 1.54) is 13.2 Å². The first kappa shape index (κ1) is 15.0. The van der Waals surface area contributed by atoms with Crippen molar-refractivity contribution in [2.45, 2.75) is 6.92 Å². The second-order valence-corrected chi connectivity index (χ2v) is 5.79. The molecule has 0 aliphatic rings. The molecule has 8 nitrogen and oxygen atoms in total. The van der Waals surface area contributed by atoms with E-state index in [0.717, 1.165) is 11.3 Å². The van der Waals surface area contributed by atoms with Gasteiger partial charge in [0.15, 0.2) is 0 Å². The fourth-order valence-electron chi connectivity index (χ4n) is 2.29. The average molecular weight is 333 g/mol. The molecular formula is C14H11N3O5S. The first-order chi connectivity index (χ1) is 10.9. The minimum Gasteiger partial charge on any atom is -0.496 e. The molecule has 3 rings (SSSR count). The van der Waals surface area contributed by atoms with E-state index < -0.39 is 10.9 Å². The predicted molar refractivity (Wildman–Crippen MR) is 84.3 cm³/mol. The highest BCUT2D eigenvalue weighted by atomic mass is 32.1. The average Bonchev–Trinajstić information content (AvgIpc) is 3.08. The summed E-state index contributed by atoms with van der Waals surface area (Å²) in [6.07, 6.45) is 0. The topological polar surface area (TPSA) is 118 Å². The van der Waals surface area contributed by atoms with Gasteiger partial charge < -0.3 is 14.8 Å². The van der Waals surface area contributed by atoms with Gasteiger partial charge in [-0.05, 0) is 19.1 Å². The summed E-state index contributed by atoms with van der Waals surface area (Å²) in [5, 5.41) is 21.4. The summed E-state index contributed by atoms with van der Waals surface area (Å²) >= 11 is 1.02. The molecule has 0 bridgehead atoms. The number of fused-ring (bicyclic) bond motifs is 1. The molecule has 0 radical (unpaired) electrons. The minimum absolute atomic E-state index is 0.114. The lowest BCUT2D eigenvalue weighted by Crippen LogP contribution is -1.94. The summed E-state index contributed by atoms with van der Waals surface area (Å²) in [6.45, 7) is 1.61. The molecule has 2 aromatic heterocycles. The molecule has 0 fully saturated rings. The monoisotopic (exact) mass is 333 g/mol. The number of nitro benzene ring substituents is 1. The lowest BCUT2D eigenvalue weighted by atomic mass is 10.2. The number of aromatic carboxylic acids is 1. The van der Waals surface area contributed by atoms with E-state index in [-0.39, 0.29) is 10.6 Å². The largest absolute Gasteiger partial charge is 0.496 e. The maximum Gasteiger partial charge on any atom is 0.347 e. The third kappa shape index (κ3) is 2.50. The summed E-state index contributed by atoms with van der Waals surface area (Å²) in [5.74, 6) is -0.675. The molecule has 3 aromatic rings. The molecule has 0 spiro atoms. The molecule has 9 heteroatoms. The Kier molecular flexibility index (Phi) is 3.49. The van der Waals surface area contributed by atoms with Crippen LogP contribution in [0.3, 0.4) is 0 Å². The van der Waals surface area contributed by atoms with E-state index in [2.05, 4.69) is 9.97 Å². The zero-order valence-corrected chi connectivity index (χ0v) is 12.9. The minimum atomic E-state index is -1.05. The standard InChI is InChI=1S/C14H11N3O5S/c1-6-12(14(18)19)23-13(15-6)9-4-7-3-8(22-2)5-10(17(20)21)11(7)16-9/h3-5,16H,1-2H3,(H,18,19). The van der Waals surface area contributed by atoms with Crippen molar-refractivity contribution in [1.29, 1.82) is 0 Å². The van der Waals surface area contributed by atoms with Crippen LogP contribution in [0.2, 0.25) is 0 Å². The van der Waals surface area contributed by atoms with Crippen molar-refractivity contribution in [2.24, 2.45) is 0 Å². The van der Waals surface area contributed by atoms with Gasteiger partial charge in [-0.15, -0.1) is 11.3 Å². The number of thiazole rings is 1. The SMILES string of the molecule is COc1cc([N+](=O)[O-])c2[nH]c(-c3nc(C)c(C(=O)O)s3)cc2c1. The number of H-pyrrole nitrogens is 1. The number of methoxy groups -OCH3 is 1. The van der Waals surface area contributed by atoms with Gasteiger partial charge in [0, 0.05) is 5.39 Å². The number of non-ortho nitro benzene ring substituents is 1. The van der Waals surface area contributed by atoms with Gasteiger partial charge in [0.05, 0.1) is 29.5 Å². The van der Waals surface area contributed by atoms with E-state index in [1.54, 1.807) is 19.1 Å². The van der Waals surface area contributed by atoms with Crippen LogP contribution in [0.25, 0.3) is 21.6 Å². The lowest BCUT2D eigenvalue weighted by Gasteiger charge is -2.00. The smallest absolute Gasteiger partial charge is 0.347 e. The van der Waals surface area contributed by atoms with E-state index in [0.29, 0.717) is 33.0 Å². The first-order valence-corrected chi connectivity index (χ1v) is 7.28. The summed E-state index contributed by atoms with van der Waals surface area (Å²) in [7, 11) is 1.43. The summed E-state index contributed by atoms with van der Waals surface area (Å²) in [6, 6.07) is 4.69. The van der Waals surface area contributed by atoms with Crippen LogP contribution in [0.5, 0.6) is 5.75 Å². The maximum absolute atomic E-state index is 11.2. The van der Waals surface area contributed by atoms with Crippen LogP contribution in [0, 0.1) is 17.0 Å². The van der Waals surface area contributed by atoms with Gasteiger partial charge in [0.1, 0.15) is 21.2 Å². The maximum atomic E-state index is 11.2. The normalized spacial score (nSPS) is 10.9. The molecule has 23 heavy (non-hydrogen) atoms. The molecule has 1 aromatic carbocycles. The summed E-state index contributed by atoms with van der Waals surface area (Å²) in [4.78, 5) is 29.2. The van der Waals surface area contributed by atoms with Gasteiger partial charge >= 0.3 is 5.97 Å². The van der Waals surface area contributed by atoms with Crippen molar-refractivity contribution >= 4 is 33.9 Å². The number of ether oxygens (including phenoxy) is 1. The van der Waals surface area contributed by atoms with Gasteiger partial charge in [-0.25, -0.2) is 9.78 Å². The highest BCUT2D eigenvalue weighted by Crippen LogP contribution is 2.35. The number of carbonyl (C=O) groups is 1. The van der Waals surface area contributed by atoms with Crippen LogP contribution < -0.4 is 4.74 Å². The Morgan fingerprint density at radius 2 is 2.17 bits per heavy atom. The van der Waals surface area contributed by atoms with E-state index >= 15 is 0 Å². The molecule has 0 atom stereocenters. The first-order valence-electron chi connectivity index (χ1n) is 6.47. The van der Waals surface area contributed by atoms with Crippen molar-refractivity contribution in [1.82, 2.24) is 9.97 Å². The molecule has 0 unspecified atom stereocenters. The molecule has 0 aliphatic heterocycles. The Bertz CT molecular complexity index is 943. The number of aromatic nitrogens is 2. The second kappa shape index (κ2) is 5.36. The fourth-order valence-corrected chi connectivity index (χ4v) is 3.16. The number of hydrogen-bond donors (Lipinski definition) is 2. The van der Waals surface area contributed by atoms with Crippen LogP contribution in [0.4, 0.5) is 5.69 Å². The predicted octanol–water partition coefficient (Wildman–Crippen LogP) is 3.21. The zero-order valence-electron chi connectivity index (χ0n) is 12.1. The highest BCUT2D eigenvalue weighted by molar-refractivity contribution is 7.17. The molecule has 0 saturated heterocycles. The molecule has 2 N–H and O–H groups in total. The van der Waals surface area contributed by atoms with Crippen molar-refractivity contribution in [3.05, 3.63) is 38.9 Å². The van der Waals surface area contributed by atoms with Gasteiger partial charge in [0.25, 0.3) is 5.69 Å². The number of nitro groups is 1. The Morgan fingerprint density at radius 3 is 2.74 bits per heavy atom. The number of nitrogens with zero attached hydrogens (tertiary/aromatic N) is 2. The number of rotatable bonds is 4. The Morgan fingerprint density at radius 1 is 1.43 bits per heavy atom.